The van der Waals surface area contributed by atoms with Gasteiger partial charge in [0.25, 0.3) is 0 Å². The number of halogens is 1. The van der Waals surface area contributed by atoms with E-state index in [-0.39, 0.29) is 5.41 Å². The molecule has 0 amide bonds. The van der Waals surface area contributed by atoms with Gasteiger partial charge >= 0.3 is 0 Å². The summed E-state index contributed by atoms with van der Waals surface area (Å²) in [6.45, 7) is 4.36. The van der Waals surface area contributed by atoms with Crippen molar-refractivity contribution in [2.75, 3.05) is 18.4 Å². The topological polar surface area (TPSA) is 63.0 Å². The van der Waals surface area contributed by atoms with Gasteiger partial charge in [0.05, 0.1) is 12.2 Å². The minimum atomic E-state index is -0.204. The third-order valence-corrected chi connectivity index (χ3v) is 5.54. The Morgan fingerprint density at radius 1 is 1.15 bits per heavy atom. The second kappa shape index (κ2) is 7.71. The second-order valence-corrected chi connectivity index (χ2v) is 7.35. The number of piperidine rings is 1. The molecule has 0 radical (unpaired) electrons. The molecule has 2 N–H and O–H groups in total. The highest BCUT2D eigenvalue weighted by molar-refractivity contribution is 6.31. The van der Waals surface area contributed by atoms with Crippen molar-refractivity contribution >= 4 is 17.5 Å². The molecule has 2 aromatic heterocycles. The van der Waals surface area contributed by atoms with Crippen molar-refractivity contribution in [2.45, 2.75) is 31.7 Å². The molecule has 3 heterocycles. The van der Waals surface area contributed by atoms with E-state index in [4.69, 9.17) is 21.0 Å². The molecule has 0 saturated carbocycles. The van der Waals surface area contributed by atoms with Gasteiger partial charge in [-0.2, -0.15) is 0 Å². The fourth-order valence-corrected chi connectivity index (χ4v) is 4.14. The van der Waals surface area contributed by atoms with Crippen molar-refractivity contribution < 1.29 is 4.42 Å². The highest BCUT2D eigenvalue weighted by Gasteiger charge is 2.38. The summed E-state index contributed by atoms with van der Waals surface area (Å²) in [5.41, 5.74) is 1.94. The number of rotatable bonds is 5. The summed E-state index contributed by atoms with van der Waals surface area (Å²) in [6, 6.07) is 14.0. The van der Waals surface area contributed by atoms with Crippen LogP contribution in [-0.2, 0) is 12.0 Å². The van der Waals surface area contributed by atoms with Gasteiger partial charge < -0.3 is 15.1 Å². The zero-order valence-corrected chi connectivity index (χ0v) is 16.1. The highest BCUT2D eigenvalue weighted by Crippen LogP contribution is 2.42. The molecule has 3 aromatic rings. The first-order valence-corrected chi connectivity index (χ1v) is 9.64. The molecule has 1 fully saturated rings. The zero-order valence-electron chi connectivity index (χ0n) is 15.3. The van der Waals surface area contributed by atoms with Crippen LogP contribution >= 0.6 is 11.6 Å². The molecule has 1 aliphatic heterocycles. The summed E-state index contributed by atoms with van der Waals surface area (Å²) in [4.78, 5) is 9.25. The van der Waals surface area contributed by atoms with E-state index in [0.29, 0.717) is 12.5 Å². The average molecular weight is 383 g/mol. The molecule has 27 heavy (non-hydrogen) atoms. The van der Waals surface area contributed by atoms with Crippen molar-refractivity contribution in [3.8, 4) is 0 Å². The predicted octanol–water partition coefficient (Wildman–Crippen LogP) is 4.31. The SMILES string of the molecule is Cc1ccc(CNc2nccc(C3(c4ccccc4Cl)CCNCC3)n2)o1. The lowest BCUT2D eigenvalue weighted by Crippen LogP contribution is -2.41. The number of hydrogen-bond donors (Lipinski definition) is 2. The normalized spacial score (nSPS) is 16.2. The first-order valence-electron chi connectivity index (χ1n) is 9.26. The number of anilines is 1. The van der Waals surface area contributed by atoms with Crippen molar-refractivity contribution in [1.29, 1.82) is 0 Å². The fourth-order valence-electron chi connectivity index (χ4n) is 3.82. The van der Waals surface area contributed by atoms with E-state index in [1.807, 2.05) is 49.5 Å². The van der Waals surface area contributed by atoms with Gasteiger partial charge in [-0.05, 0) is 62.7 Å². The van der Waals surface area contributed by atoms with Gasteiger partial charge in [-0.25, -0.2) is 9.97 Å². The summed E-state index contributed by atoms with van der Waals surface area (Å²) in [7, 11) is 0. The molecule has 0 atom stereocenters. The quantitative estimate of drug-likeness (QED) is 0.688. The van der Waals surface area contributed by atoms with Gasteiger partial charge in [-0.1, -0.05) is 29.8 Å². The fraction of sp³-hybridized carbons (Fsp3) is 0.333. The lowest BCUT2D eigenvalue weighted by atomic mass is 9.70. The molecule has 0 unspecified atom stereocenters. The molecule has 4 rings (SSSR count). The summed E-state index contributed by atoms with van der Waals surface area (Å²) in [5.74, 6) is 2.37. The van der Waals surface area contributed by atoms with E-state index in [9.17, 15) is 0 Å². The smallest absolute Gasteiger partial charge is 0.223 e. The van der Waals surface area contributed by atoms with Crippen LogP contribution in [0, 0.1) is 6.92 Å². The maximum absolute atomic E-state index is 6.59. The predicted molar refractivity (Wildman–Crippen MR) is 107 cm³/mol. The minimum absolute atomic E-state index is 0.204. The van der Waals surface area contributed by atoms with E-state index in [2.05, 4.69) is 21.7 Å². The van der Waals surface area contributed by atoms with Crippen LogP contribution in [0.5, 0.6) is 0 Å². The number of benzene rings is 1. The van der Waals surface area contributed by atoms with Crippen LogP contribution in [0.25, 0.3) is 0 Å². The summed E-state index contributed by atoms with van der Waals surface area (Å²) >= 11 is 6.59. The molecule has 5 nitrogen and oxygen atoms in total. The standard InChI is InChI=1S/C21H23ClN4O/c1-15-6-7-16(27-15)14-25-20-24-11-8-19(26-20)21(9-12-23-13-10-21)17-4-2-3-5-18(17)22/h2-8,11,23H,9-10,12-14H2,1H3,(H,24,25,26). The molecule has 1 aromatic carbocycles. The van der Waals surface area contributed by atoms with E-state index in [1.54, 1.807) is 0 Å². The third kappa shape index (κ3) is 3.70. The van der Waals surface area contributed by atoms with Gasteiger partial charge in [0.15, 0.2) is 0 Å². The van der Waals surface area contributed by atoms with E-state index in [0.717, 1.165) is 53.7 Å². The average Bonchev–Trinajstić information content (AvgIpc) is 3.13. The summed E-state index contributed by atoms with van der Waals surface area (Å²) < 4.78 is 5.61. The number of nitrogens with one attached hydrogen (secondary N) is 2. The summed E-state index contributed by atoms with van der Waals surface area (Å²) in [5, 5.41) is 7.51. The molecule has 1 aliphatic rings. The monoisotopic (exact) mass is 382 g/mol. The largest absolute Gasteiger partial charge is 0.465 e. The third-order valence-electron chi connectivity index (χ3n) is 5.21. The van der Waals surface area contributed by atoms with Gasteiger partial charge in [-0.3, -0.25) is 0 Å². The van der Waals surface area contributed by atoms with Gasteiger partial charge in [0.1, 0.15) is 11.5 Å². The Morgan fingerprint density at radius 2 is 1.96 bits per heavy atom. The highest BCUT2D eigenvalue weighted by atomic mass is 35.5. The van der Waals surface area contributed by atoms with E-state index >= 15 is 0 Å². The zero-order chi connectivity index (χ0) is 18.7. The Balaban J connectivity index is 1.65. The van der Waals surface area contributed by atoms with Crippen molar-refractivity contribution in [1.82, 2.24) is 15.3 Å². The van der Waals surface area contributed by atoms with Crippen LogP contribution in [0.15, 0.2) is 53.1 Å². The molecule has 0 aliphatic carbocycles. The Labute approximate surface area is 164 Å². The number of aromatic nitrogens is 2. The van der Waals surface area contributed by atoms with Crippen LogP contribution < -0.4 is 10.6 Å². The number of aryl methyl sites for hydroxylation is 1. The van der Waals surface area contributed by atoms with Gasteiger partial charge in [0, 0.05) is 16.6 Å². The molecular weight excluding hydrogens is 360 g/mol. The maximum atomic E-state index is 6.59. The minimum Gasteiger partial charge on any atom is -0.465 e. The lowest BCUT2D eigenvalue weighted by Gasteiger charge is -2.38. The van der Waals surface area contributed by atoms with Crippen molar-refractivity contribution in [3.05, 3.63) is 76.5 Å². The van der Waals surface area contributed by atoms with Crippen molar-refractivity contribution in [2.24, 2.45) is 0 Å². The van der Waals surface area contributed by atoms with Crippen molar-refractivity contribution in [3.63, 3.8) is 0 Å². The van der Waals surface area contributed by atoms with Crippen LogP contribution in [-0.4, -0.2) is 23.1 Å². The second-order valence-electron chi connectivity index (χ2n) is 6.94. The first-order chi connectivity index (χ1) is 13.2. The number of furan rings is 1. The molecule has 0 spiro atoms. The van der Waals surface area contributed by atoms with Gasteiger partial charge in [-0.15, -0.1) is 0 Å². The Morgan fingerprint density at radius 3 is 2.70 bits per heavy atom. The van der Waals surface area contributed by atoms with E-state index < -0.39 is 0 Å². The lowest BCUT2D eigenvalue weighted by molar-refractivity contribution is 0.354. The van der Waals surface area contributed by atoms with Crippen LogP contribution in [0.3, 0.4) is 0 Å². The van der Waals surface area contributed by atoms with E-state index in [1.165, 1.54) is 0 Å². The Hall–Kier alpha value is -2.37. The molecule has 0 bridgehead atoms. The van der Waals surface area contributed by atoms with Gasteiger partial charge in [0.2, 0.25) is 5.95 Å². The van der Waals surface area contributed by atoms with Crippen LogP contribution in [0.1, 0.15) is 35.6 Å². The molecule has 140 valence electrons. The number of nitrogens with zero attached hydrogens (tertiary/aromatic N) is 2. The first kappa shape index (κ1) is 18.0. The number of hydrogen-bond acceptors (Lipinski definition) is 5. The van der Waals surface area contributed by atoms with Crippen LogP contribution in [0.2, 0.25) is 5.02 Å². The molecule has 6 heteroatoms. The summed E-state index contributed by atoms with van der Waals surface area (Å²) in [6.07, 6.45) is 3.72. The maximum Gasteiger partial charge on any atom is 0.223 e. The molecular formula is C21H23ClN4O. The van der Waals surface area contributed by atoms with Crippen LogP contribution in [0.4, 0.5) is 5.95 Å². The Bertz CT molecular complexity index is 918. The molecule has 1 saturated heterocycles. The Kier molecular flexibility index (Phi) is 5.14.